The first-order valence-corrected chi connectivity index (χ1v) is 9.07. The van der Waals surface area contributed by atoms with Crippen LogP contribution in [0.1, 0.15) is 29.1 Å². The Hall–Kier alpha value is -2.18. The summed E-state index contributed by atoms with van der Waals surface area (Å²) in [5, 5.41) is 9.97. The molecule has 3 rings (SSSR count). The van der Waals surface area contributed by atoms with Crippen LogP contribution in [0.25, 0.3) is 0 Å². The van der Waals surface area contributed by atoms with Gasteiger partial charge >= 0.3 is 0 Å². The highest BCUT2D eigenvalue weighted by molar-refractivity contribution is 7.99. The molecule has 0 aliphatic rings. The van der Waals surface area contributed by atoms with Gasteiger partial charge in [0.1, 0.15) is 5.75 Å². The van der Waals surface area contributed by atoms with Gasteiger partial charge in [-0.1, -0.05) is 53.7 Å². The molecule has 25 heavy (non-hydrogen) atoms. The summed E-state index contributed by atoms with van der Waals surface area (Å²) in [4.78, 5) is 0. The van der Waals surface area contributed by atoms with E-state index >= 15 is 0 Å². The van der Waals surface area contributed by atoms with Gasteiger partial charge in [-0.05, 0) is 36.2 Å². The van der Waals surface area contributed by atoms with Gasteiger partial charge in [-0.3, -0.25) is 0 Å². The molecule has 0 aliphatic carbocycles. The lowest BCUT2D eigenvalue weighted by Gasteiger charge is -2.12. The molecule has 0 spiro atoms. The molecule has 130 valence electrons. The Morgan fingerprint density at radius 2 is 1.88 bits per heavy atom. The number of halogens is 1. The number of methoxy groups -OCH3 is 1. The Morgan fingerprint density at radius 3 is 2.56 bits per heavy atom. The summed E-state index contributed by atoms with van der Waals surface area (Å²) in [6.07, 6.45) is 0.606. The van der Waals surface area contributed by atoms with Crippen molar-refractivity contribution in [2.45, 2.75) is 23.8 Å². The molecule has 0 unspecified atom stereocenters. The van der Waals surface area contributed by atoms with Crippen molar-refractivity contribution in [3.05, 3.63) is 70.5 Å². The number of hydrogen-bond acceptors (Lipinski definition) is 5. The Labute approximate surface area is 156 Å². The third kappa shape index (κ3) is 4.08. The molecule has 7 heteroatoms. The van der Waals surface area contributed by atoms with Crippen molar-refractivity contribution in [2.24, 2.45) is 0 Å². The second kappa shape index (κ2) is 7.80. The van der Waals surface area contributed by atoms with Crippen LogP contribution in [0.2, 0.25) is 5.02 Å². The van der Waals surface area contributed by atoms with Crippen molar-refractivity contribution >= 4 is 23.4 Å². The minimum absolute atomic E-state index is 0.119. The first-order chi connectivity index (χ1) is 12.1. The molecule has 1 atom stereocenters. The van der Waals surface area contributed by atoms with Crippen molar-refractivity contribution in [1.29, 1.82) is 0 Å². The lowest BCUT2D eigenvalue weighted by Crippen LogP contribution is -2.14. The third-order valence-electron chi connectivity index (χ3n) is 3.88. The summed E-state index contributed by atoms with van der Waals surface area (Å²) in [6.45, 7) is 2.07. The van der Waals surface area contributed by atoms with E-state index in [0.717, 1.165) is 21.9 Å². The number of nitrogen functional groups attached to an aromatic ring is 1. The maximum absolute atomic E-state index is 6.26. The number of benzene rings is 2. The molecular formula is C18H19ClN4OS. The highest BCUT2D eigenvalue weighted by Gasteiger charge is 2.17. The predicted molar refractivity (Wildman–Crippen MR) is 102 cm³/mol. The van der Waals surface area contributed by atoms with Crippen LogP contribution in [0.4, 0.5) is 0 Å². The molecule has 0 amide bonds. The van der Waals surface area contributed by atoms with Crippen molar-refractivity contribution in [3.8, 4) is 5.75 Å². The van der Waals surface area contributed by atoms with Crippen molar-refractivity contribution < 1.29 is 4.74 Å². The van der Waals surface area contributed by atoms with E-state index in [1.165, 1.54) is 11.8 Å². The quantitative estimate of drug-likeness (QED) is 0.519. The van der Waals surface area contributed by atoms with E-state index in [1.54, 1.807) is 11.8 Å². The fourth-order valence-corrected chi connectivity index (χ4v) is 3.78. The van der Waals surface area contributed by atoms with Gasteiger partial charge in [0, 0.05) is 16.7 Å². The van der Waals surface area contributed by atoms with Crippen LogP contribution >= 0.6 is 23.4 Å². The van der Waals surface area contributed by atoms with E-state index in [2.05, 4.69) is 17.1 Å². The van der Waals surface area contributed by atoms with Crippen molar-refractivity contribution in [1.82, 2.24) is 14.9 Å². The second-order valence-electron chi connectivity index (χ2n) is 5.58. The number of thioether (sulfide) groups is 1. The number of rotatable bonds is 6. The lowest BCUT2D eigenvalue weighted by atomic mass is 10.1. The molecular weight excluding hydrogens is 356 g/mol. The third-order valence-corrected chi connectivity index (χ3v) is 5.32. The van der Waals surface area contributed by atoms with Gasteiger partial charge in [-0.2, -0.15) is 0 Å². The molecule has 0 saturated carbocycles. The SMILES string of the molecule is COc1ccc(Cc2nnc(S[C@H](C)c3ccccc3Cl)n2N)cc1. The zero-order chi connectivity index (χ0) is 17.8. The van der Waals surface area contributed by atoms with Gasteiger partial charge < -0.3 is 10.6 Å². The first kappa shape index (κ1) is 17.6. The average Bonchev–Trinajstić information content (AvgIpc) is 2.96. The largest absolute Gasteiger partial charge is 0.497 e. The first-order valence-electron chi connectivity index (χ1n) is 7.82. The number of hydrogen-bond donors (Lipinski definition) is 1. The minimum Gasteiger partial charge on any atom is -0.497 e. The summed E-state index contributed by atoms with van der Waals surface area (Å²) in [5.74, 6) is 7.71. The average molecular weight is 375 g/mol. The zero-order valence-electron chi connectivity index (χ0n) is 14.0. The summed E-state index contributed by atoms with van der Waals surface area (Å²) in [6, 6.07) is 15.6. The van der Waals surface area contributed by atoms with Gasteiger partial charge in [-0.25, -0.2) is 4.68 Å². The molecule has 2 aromatic carbocycles. The molecule has 1 aromatic heterocycles. The van der Waals surface area contributed by atoms with Gasteiger partial charge in [0.2, 0.25) is 5.16 Å². The molecule has 3 aromatic rings. The smallest absolute Gasteiger partial charge is 0.210 e. The van der Waals surface area contributed by atoms with E-state index in [-0.39, 0.29) is 5.25 Å². The normalized spacial score (nSPS) is 12.1. The summed E-state index contributed by atoms with van der Waals surface area (Å²) >= 11 is 7.80. The van der Waals surface area contributed by atoms with E-state index in [1.807, 2.05) is 48.5 Å². The van der Waals surface area contributed by atoms with Crippen molar-refractivity contribution in [3.63, 3.8) is 0 Å². The molecule has 5 nitrogen and oxygen atoms in total. The summed E-state index contributed by atoms with van der Waals surface area (Å²) in [5.41, 5.74) is 2.14. The number of aromatic nitrogens is 3. The Balaban J connectivity index is 1.73. The molecule has 0 radical (unpaired) electrons. The van der Waals surface area contributed by atoms with E-state index < -0.39 is 0 Å². The fraction of sp³-hybridized carbons (Fsp3) is 0.222. The van der Waals surface area contributed by atoms with Crippen LogP contribution in [0, 0.1) is 0 Å². The van der Waals surface area contributed by atoms with Gasteiger partial charge in [-0.15, -0.1) is 10.2 Å². The van der Waals surface area contributed by atoms with Crippen LogP contribution < -0.4 is 10.6 Å². The summed E-state index contributed by atoms with van der Waals surface area (Å²) < 4.78 is 6.71. The molecule has 0 bridgehead atoms. The Kier molecular flexibility index (Phi) is 5.50. The maximum atomic E-state index is 6.26. The standard InChI is InChI=1S/C18H19ClN4OS/c1-12(15-5-3-4-6-16(15)19)25-18-22-21-17(23(18)20)11-13-7-9-14(24-2)10-8-13/h3-10,12H,11,20H2,1-2H3/t12-/m1/s1. The number of nitrogens with zero attached hydrogens (tertiary/aromatic N) is 3. The van der Waals surface area contributed by atoms with E-state index in [4.69, 9.17) is 22.2 Å². The lowest BCUT2D eigenvalue weighted by molar-refractivity contribution is 0.414. The summed E-state index contributed by atoms with van der Waals surface area (Å²) in [7, 11) is 1.65. The number of nitrogens with two attached hydrogens (primary N) is 1. The Morgan fingerprint density at radius 1 is 1.16 bits per heavy atom. The molecule has 0 saturated heterocycles. The van der Waals surface area contributed by atoms with Crippen LogP contribution in [-0.2, 0) is 6.42 Å². The molecule has 1 heterocycles. The molecule has 0 aliphatic heterocycles. The van der Waals surface area contributed by atoms with Crippen molar-refractivity contribution in [2.75, 3.05) is 13.0 Å². The molecule has 0 fully saturated rings. The van der Waals surface area contributed by atoms with Gasteiger partial charge in [0.25, 0.3) is 0 Å². The monoisotopic (exact) mass is 374 g/mol. The fourth-order valence-electron chi connectivity index (χ4n) is 2.46. The highest BCUT2D eigenvalue weighted by atomic mass is 35.5. The van der Waals surface area contributed by atoms with Gasteiger partial charge in [0.05, 0.1) is 7.11 Å². The second-order valence-corrected chi connectivity index (χ2v) is 7.29. The predicted octanol–water partition coefficient (Wildman–Crippen LogP) is 4.10. The van der Waals surface area contributed by atoms with Crippen LogP contribution in [0.3, 0.4) is 0 Å². The van der Waals surface area contributed by atoms with E-state index in [0.29, 0.717) is 17.4 Å². The highest BCUT2D eigenvalue weighted by Crippen LogP contribution is 2.36. The maximum Gasteiger partial charge on any atom is 0.210 e. The van der Waals surface area contributed by atoms with Gasteiger partial charge in [0.15, 0.2) is 5.82 Å². The van der Waals surface area contributed by atoms with Crippen LogP contribution in [-0.4, -0.2) is 22.0 Å². The number of ether oxygens (including phenoxy) is 1. The molecule has 2 N–H and O–H groups in total. The minimum atomic E-state index is 0.119. The van der Waals surface area contributed by atoms with Crippen LogP contribution in [0.5, 0.6) is 5.75 Å². The topological polar surface area (TPSA) is 66.0 Å². The van der Waals surface area contributed by atoms with E-state index in [9.17, 15) is 0 Å². The van der Waals surface area contributed by atoms with Crippen LogP contribution in [0.15, 0.2) is 53.7 Å². The zero-order valence-corrected chi connectivity index (χ0v) is 15.6. The Bertz CT molecular complexity index is 851.